The highest BCUT2D eigenvalue weighted by Crippen LogP contribution is 2.31. The first kappa shape index (κ1) is 20.6. The first-order valence-electron chi connectivity index (χ1n) is 10.7. The van der Waals surface area contributed by atoms with E-state index in [0.717, 1.165) is 22.0 Å². The maximum absolute atomic E-state index is 13.4. The molecule has 0 aliphatic rings. The topological polar surface area (TPSA) is 79.9 Å². The number of aromatic amines is 1. The minimum atomic E-state index is -0.312. The molecule has 0 aliphatic carbocycles. The Labute approximate surface area is 189 Å². The van der Waals surface area contributed by atoms with Gasteiger partial charge in [0.2, 0.25) is 0 Å². The van der Waals surface area contributed by atoms with E-state index in [9.17, 15) is 9.18 Å². The average Bonchev–Trinajstić information content (AvgIpc) is 3.26. The van der Waals surface area contributed by atoms with Gasteiger partial charge in [-0.15, -0.1) is 0 Å². The molecule has 0 aliphatic heterocycles. The molecule has 0 saturated carbocycles. The van der Waals surface area contributed by atoms with E-state index in [1.54, 1.807) is 24.3 Å². The van der Waals surface area contributed by atoms with E-state index in [1.807, 2.05) is 43.3 Å². The van der Waals surface area contributed by atoms with Crippen molar-refractivity contribution in [2.24, 2.45) is 0 Å². The molecule has 1 amide bonds. The molecule has 5 aromatic rings. The molecule has 6 nitrogen and oxygen atoms in total. The van der Waals surface area contributed by atoms with E-state index in [0.29, 0.717) is 35.0 Å². The Morgan fingerprint density at radius 2 is 1.82 bits per heavy atom. The predicted molar refractivity (Wildman–Crippen MR) is 126 cm³/mol. The summed E-state index contributed by atoms with van der Waals surface area (Å²) in [5.74, 6) is 0.800. The fourth-order valence-electron chi connectivity index (χ4n) is 3.74. The lowest BCUT2D eigenvalue weighted by Gasteiger charge is -2.12. The minimum absolute atomic E-state index is 0.232. The lowest BCUT2D eigenvalue weighted by atomic mass is 10.1. The van der Waals surface area contributed by atoms with Crippen LogP contribution in [0.4, 0.5) is 4.39 Å². The second-order valence-electron chi connectivity index (χ2n) is 7.56. The van der Waals surface area contributed by atoms with Crippen LogP contribution >= 0.6 is 0 Å². The van der Waals surface area contributed by atoms with Crippen LogP contribution in [0.15, 0.2) is 72.8 Å². The van der Waals surface area contributed by atoms with E-state index < -0.39 is 0 Å². The first-order chi connectivity index (χ1) is 16.1. The number of imidazole rings is 1. The zero-order valence-electron chi connectivity index (χ0n) is 17.9. The Morgan fingerprint density at radius 3 is 2.61 bits per heavy atom. The van der Waals surface area contributed by atoms with Crippen molar-refractivity contribution in [1.29, 1.82) is 0 Å². The van der Waals surface area contributed by atoms with Gasteiger partial charge in [0, 0.05) is 22.6 Å². The Hall–Kier alpha value is -4.26. The number of nitrogens with zero attached hydrogens (tertiary/aromatic N) is 2. The van der Waals surface area contributed by atoms with Crippen molar-refractivity contribution >= 4 is 27.8 Å². The third-order valence-electron chi connectivity index (χ3n) is 5.33. The number of benzene rings is 3. The lowest BCUT2D eigenvalue weighted by Crippen LogP contribution is -2.23. The van der Waals surface area contributed by atoms with E-state index >= 15 is 0 Å². The zero-order chi connectivity index (χ0) is 22.8. The van der Waals surface area contributed by atoms with Gasteiger partial charge in [0.25, 0.3) is 5.91 Å². The summed E-state index contributed by atoms with van der Waals surface area (Å²) < 4.78 is 19.2. The summed E-state index contributed by atoms with van der Waals surface area (Å²) in [6.07, 6.45) is 0. The largest absolute Gasteiger partial charge is 0.493 e. The van der Waals surface area contributed by atoms with Crippen molar-refractivity contribution in [3.63, 3.8) is 0 Å². The predicted octanol–water partition coefficient (Wildman–Crippen LogP) is 5.25. The standard InChI is InChI=1S/C26H21FN4O2/c1-2-33-24-14-22(16-7-10-18(27)11-8-16)29-23-13-17(9-12-19(23)24)26(32)28-15-25-30-20-5-3-4-6-21(20)31-25/h3-14H,2,15H2,1H3,(H,28,32)(H,30,31). The number of H-pyrrole nitrogens is 1. The van der Waals surface area contributed by atoms with Gasteiger partial charge in [0.15, 0.2) is 0 Å². The third kappa shape index (κ3) is 4.25. The third-order valence-corrected chi connectivity index (χ3v) is 5.33. The van der Waals surface area contributed by atoms with Crippen molar-refractivity contribution in [2.75, 3.05) is 6.61 Å². The smallest absolute Gasteiger partial charge is 0.251 e. The van der Waals surface area contributed by atoms with Crippen LogP contribution in [-0.2, 0) is 6.54 Å². The molecule has 2 aromatic heterocycles. The number of halogens is 1. The first-order valence-corrected chi connectivity index (χ1v) is 10.7. The molecule has 0 saturated heterocycles. The van der Waals surface area contributed by atoms with Gasteiger partial charge in [-0.2, -0.15) is 0 Å². The van der Waals surface area contributed by atoms with Crippen LogP contribution in [0, 0.1) is 5.82 Å². The van der Waals surface area contributed by atoms with Crippen molar-refractivity contribution < 1.29 is 13.9 Å². The number of fused-ring (bicyclic) bond motifs is 2. The second kappa shape index (κ2) is 8.70. The van der Waals surface area contributed by atoms with Crippen molar-refractivity contribution in [3.8, 4) is 17.0 Å². The molecule has 0 spiro atoms. The normalized spacial score (nSPS) is 11.1. The SMILES string of the molecule is CCOc1cc(-c2ccc(F)cc2)nc2cc(C(=O)NCc3nc4ccccc4[nH]3)ccc12. The molecule has 0 radical (unpaired) electrons. The minimum Gasteiger partial charge on any atom is -0.493 e. The van der Waals surface area contributed by atoms with E-state index in [1.165, 1.54) is 12.1 Å². The summed E-state index contributed by atoms with van der Waals surface area (Å²) >= 11 is 0. The lowest BCUT2D eigenvalue weighted by molar-refractivity contribution is 0.0950. The summed E-state index contributed by atoms with van der Waals surface area (Å²) in [7, 11) is 0. The number of ether oxygens (including phenoxy) is 1. The fraction of sp³-hybridized carbons (Fsp3) is 0.115. The number of carbonyl (C=O) groups is 1. The van der Waals surface area contributed by atoms with Gasteiger partial charge < -0.3 is 15.0 Å². The molecule has 3 aromatic carbocycles. The van der Waals surface area contributed by atoms with Crippen molar-refractivity contribution in [3.05, 3.63) is 90.0 Å². The van der Waals surface area contributed by atoms with E-state index in [4.69, 9.17) is 9.72 Å². The maximum atomic E-state index is 13.4. The van der Waals surface area contributed by atoms with Crippen LogP contribution in [0.25, 0.3) is 33.2 Å². The number of rotatable bonds is 6. The number of para-hydroxylation sites is 2. The van der Waals surface area contributed by atoms with Crippen LogP contribution < -0.4 is 10.1 Å². The fourth-order valence-corrected chi connectivity index (χ4v) is 3.74. The molecule has 164 valence electrons. The van der Waals surface area contributed by atoms with Gasteiger partial charge in [-0.1, -0.05) is 12.1 Å². The summed E-state index contributed by atoms with van der Waals surface area (Å²) in [5, 5.41) is 3.70. The molecule has 2 heterocycles. The molecule has 2 N–H and O–H groups in total. The molecule has 0 bridgehead atoms. The van der Waals surface area contributed by atoms with E-state index in [2.05, 4.69) is 15.3 Å². The van der Waals surface area contributed by atoms with Gasteiger partial charge in [0.1, 0.15) is 17.4 Å². The molecular weight excluding hydrogens is 419 g/mol. The van der Waals surface area contributed by atoms with Crippen LogP contribution in [0.5, 0.6) is 5.75 Å². The monoisotopic (exact) mass is 440 g/mol. The molecule has 5 rings (SSSR count). The Morgan fingerprint density at radius 1 is 1.00 bits per heavy atom. The summed E-state index contributed by atoms with van der Waals surface area (Å²) in [6, 6.07) is 21.0. The molecule has 0 fully saturated rings. The van der Waals surface area contributed by atoms with Crippen LogP contribution in [0.1, 0.15) is 23.1 Å². The Kier molecular flexibility index (Phi) is 5.44. The van der Waals surface area contributed by atoms with Gasteiger partial charge in [-0.3, -0.25) is 4.79 Å². The Balaban J connectivity index is 1.44. The Bertz CT molecular complexity index is 1430. The van der Waals surface area contributed by atoms with Crippen LogP contribution in [0.2, 0.25) is 0 Å². The van der Waals surface area contributed by atoms with Crippen LogP contribution in [0.3, 0.4) is 0 Å². The number of nitrogens with one attached hydrogen (secondary N) is 2. The number of hydrogen-bond acceptors (Lipinski definition) is 4. The molecule has 0 unspecified atom stereocenters. The average molecular weight is 440 g/mol. The number of amides is 1. The number of pyridine rings is 1. The maximum Gasteiger partial charge on any atom is 0.251 e. The molecule has 0 atom stereocenters. The summed E-state index contributed by atoms with van der Waals surface area (Å²) in [5.41, 5.74) is 4.29. The number of carbonyl (C=O) groups excluding carboxylic acids is 1. The van der Waals surface area contributed by atoms with Gasteiger partial charge >= 0.3 is 0 Å². The van der Waals surface area contributed by atoms with Gasteiger partial charge in [-0.25, -0.2) is 14.4 Å². The van der Waals surface area contributed by atoms with E-state index in [-0.39, 0.29) is 18.3 Å². The summed E-state index contributed by atoms with van der Waals surface area (Å²) in [4.78, 5) is 25.2. The van der Waals surface area contributed by atoms with Crippen molar-refractivity contribution in [2.45, 2.75) is 13.5 Å². The van der Waals surface area contributed by atoms with Gasteiger partial charge in [0.05, 0.1) is 35.4 Å². The molecule has 33 heavy (non-hydrogen) atoms. The van der Waals surface area contributed by atoms with Crippen molar-refractivity contribution in [1.82, 2.24) is 20.3 Å². The summed E-state index contributed by atoms with van der Waals surface area (Å²) in [6.45, 7) is 2.67. The highest BCUT2D eigenvalue weighted by molar-refractivity contribution is 5.99. The zero-order valence-corrected chi connectivity index (χ0v) is 17.9. The number of aromatic nitrogens is 3. The highest BCUT2D eigenvalue weighted by Gasteiger charge is 2.13. The number of hydrogen-bond donors (Lipinski definition) is 2. The van der Waals surface area contributed by atoms with Crippen LogP contribution in [-0.4, -0.2) is 27.5 Å². The highest BCUT2D eigenvalue weighted by atomic mass is 19.1. The molecular formula is C26H21FN4O2. The second-order valence-corrected chi connectivity index (χ2v) is 7.56. The van der Waals surface area contributed by atoms with Gasteiger partial charge in [-0.05, 0) is 61.5 Å². The quantitative estimate of drug-likeness (QED) is 0.378. The molecule has 7 heteroatoms.